The number of carbonyl (C=O) groups is 2. The van der Waals surface area contributed by atoms with Crippen molar-refractivity contribution in [1.82, 2.24) is 10.2 Å². The predicted molar refractivity (Wildman–Crippen MR) is 161 cm³/mol. The molecule has 0 spiro atoms. The number of nitrogens with zero attached hydrogens (tertiary/aromatic N) is 2. The molecule has 2 amide bonds. The lowest BCUT2D eigenvalue weighted by Gasteiger charge is -2.33. The van der Waals surface area contributed by atoms with Crippen LogP contribution in [0.5, 0.6) is 0 Å². The van der Waals surface area contributed by atoms with E-state index in [1.807, 2.05) is 64.1 Å². The molecule has 0 aliphatic carbocycles. The molecule has 3 rings (SSSR count). The summed E-state index contributed by atoms with van der Waals surface area (Å²) in [6.07, 6.45) is 1.66. The second kappa shape index (κ2) is 14.3. The molecule has 3 aromatic carbocycles. The molecule has 2 atom stereocenters. The third kappa shape index (κ3) is 8.08. The van der Waals surface area contributed by atoms with Crippen molar-refractivity contribution in [2.45, 2.75) is 63.9 Å². The standard InChI is InChI=1S/C31H38ClN3O4S/c1-5-24(4)33-31(37)29(6-2)34(20-19-25-12-8-7-9-13-25)30(36)22-35(27-14-10-11-23(3)21-27)40(38,39)28-17-15-26(32)16-18-28/h7-18,21,24,29H,5-6,19-20,22H2,1-4H3,(H,33,37)/t24-,29-/m0/s1. The van der Waals surface area contributed by atoms with Gasteiger partial charge in [0.1, 0.15) is 12.6 Å². The SMILES string of the molecule is CC[C@H](C)NC(=O)[C@H](CC)N(CCc1ccccc1)C(=O)CN(c1cccc(C)c1)S(=O)(=O)c1ccc(Cl)cc1. The van der Waals surface area contributed by atoms with E-state index >= 15 is 0 Å². The maximum Gasteiger partial charge on any atom is 0.264 e. The molecule has 0 heterocycles. The number of sulfonamides is 1. The number of hydrogen-bond donors (Lipinski definition) is 1. The molecule has 3 aromatic rings. The third-order valence-electron chi connectivity index (χ3n) is 6.84. The maximum atomic E-state index is 14.0. The summed E-state index contributed by atoms with van der Waals surface area (Å²) >= 11 is 6.01. The Morgan fingerprint density at radius 3 is 2.20 bits per heavy atom. The van der Waals surface area contributed by atoms with Gasteiger partial charge in [-0.05, 0) is 80.6 Å². The summed E-state index contributed by atoms with van der Waals surface area (Å²) in [6.45, 7) is 7.40. The Hall–Kier alpha value is -3.36. The number of carbonyl (C=O) groups excluding carboxylic acids is 2. The van der Waals surface area contributed by atoms with Crippen molar-refractivity contribution in [3.8, 4) is 0 Å². The molecular weight excluding hydrogens is 546 g/mol. The lowest BCUT2D eigenvalue weighted by molar-refractivity contribution is -0.139. The topological polar surface area (TPSA) is 86.8 Å². The summed E-state index contributed by atoms with van der Waals surface area (Å²) in [5.41, 5.74) is 2.23. The highest BCUT2D eigenvalue weighted by molar-refractivity contribution is 7.92. The Labute approximate surface area is 243 Å². The first kappa shape index (κ1) is 31.2. The fourth-order valence-corrected chi connectivity index (χ4v) is 5.91. The molecule has 0 fully saturated rings. The lowest BCUT2D eigenvalue weighted by Crippen LogP contribution is -2.54. The Kier molecular flexibility index (Phi) is 11.2. The number of halogens is 1. The largest absolute Gasteiger partial charge is 0.352 e. The quantitative estimate of drug-likeness (QED) is 0.283. The molecule has 0 saturated heterocycles. The Morgan fingerprint density at radius 1 is 0.925 bits per heavy atom. The second-order valence-electron chi connectivity index (χ2n) is 9.87. The van der Waals surface area contributed by atoms with Gasteiger partial charge in [0, 0.05) is 17.6 Å². The van der Waals surface area contributed by atoms with E-state index < -0.39 is 28.5 Å². The minimum Gasteiger partial charge on any atom is -0.352 e. The van der Waals surface area contributed by atoms with Crippen LogP contribution < -0.4 is 9.62 Å². The van der Waals surface area contributed by atoms with Crippen LogP contribution in [-0.4, -0.2) is 50.3 Å². The van der Waals surface area contributed by atoms with Gasteiger partial charge in [-0.15, -0.1) is 0 Å². The van der Waals surface area contributed by atoms with Gasteiger partial charge in [-0.2, -0.15) is 0 Å². The Balaban J connectivity index is 2.01. The van der Waals surface area contributed by atoms with Gasteiger partial charge in [0.05, 0.1) is 10.6 Å². The van der Waals surface area contributed by atoms with Crippen molar-refractivity contribution in [3.05, 3.63) is 95.0 Å². The Morgan fingerprint density at radius 2 is 1.60 bits per heavy atom. The average molecular weight is 584 g/mol. The van der Waals surface area contributed by atoms with Crippen LogP contribution in [-0.2, 0) is 26.0 Å². The summed E-state index contributed by atoms with van der Waals surface area (Å²) < 4.78 is 28.9. The second-order valence-corrected chi connectivity index (χ2v) is 12.2. The molecule has 9 heteroatoms. The number of rotatable bonds is 13. The first-order valence-corrected chi connectivity index (χ1v) is 15.4. The van der Waals surface area contributed by atoms with Gasteiger partial charge >= 0.3 is 0 Å². The number of nitrogens with one attached hydrogen (secondary N) is 1. The lowest BCUT2D eigenvalue weighted by atomic mass is 10.1. The van der Waals surface area contributed by atoms with Crippen LogP contribution in [0.15, 0.2) is 83.8 Å². The fourth-order valence-electron chi connectivity index (χ4n) is 4.38. The van der Waals surface area contributed by atoms with Gasteiger partial charge in [-0.25, -0.2) is 8.42 Å². The molecule has 0 aliphatic rings. The van der Waals surface area contributed by atoms with Gasteiger partial charge in [-0.3, -0.25) is 13.9 Å². The summed E-state index contributed by atoms with van der Waals surface area (Å²) in [5.74, 6) is -0.706. The molecule has 214 valence electrons. The van der Waals surface area contributed by atoms with Crippen molar-refractivity contribution in [3.63, 3.8) is 0 Å². The molecule has 40 heavy (non-hydrogen) atoms. The zero-order chi connectivity index (χ0) is 29.3. The highest BCUT2D eigenvalue weighted by Crippen LogP contribution is 2.26. The molecule has 0 unspecified atom stereocenters. The van der Waals surface area contributed by atoms with Crippen LogP contribution in [0, 0.1) is 6.92 Å². The molecule has 7 nitrogen and oxygen atoms in total. The zero-order valence-electron chi connectivity index (χ0n) is 23.5. The van der Waals surface area contributed by atoms with Crippen LogP contribution >= 0.6 is 11.6 Å². The van der Waals surface area contributed by atoms with E-state index in [2.05, 4.69) is 5.32 Å². The molecule has 0 radical (unpaired) electrons. The molecule has 0 saturated carbocycles. The maximum absolute atomic E-state index is 14.0. The van der Waals surface area contributed by atoms with Crippen molar-refractivity contribution >= 4 is 39.1 Å². The summed E-state index contributed by atoms with van der Waals surface area (Å²) in [7, 11) is -4.13. The summed E-state index contributed by atoms with van der Waals surface area (Å²) in [6, 6.07) is 21.7. The minimum absolute atomic E-state index is 0.0172. The minimum atomic E-state index is -4.13. The smallest absolute Gasteiger partial charge is 0.264 e. The number of hydrogen-bond acceptors (Lipinski definition) is 4. The average Bonchev–Trinajstić information content (AvgIpc) is 2.94. The van der Waals surface area contributed by atoms with E-state index in [0.29, 0.717) is 23.6 Å². The monoisotopic (exact) mass is 583 g/mol. The molecule has 0 aliphatic heterocycles. The van der Waals surface area contributed by atoms with E-state index in [0.717, 1.165) is 21.9 Å². The Bertz CT molecular complexity index is 1380. The van der Waals surface area contributed by atoms with E-state index in [9.17, 15) is 18.0 Å². The number of benzene rings is 3. The van der Waals surface area contributed by atoms with Gasteiger partial charge in [0.2, 0.25) is 11.8 Å². The molecule has 1 N–H and O–H groups in total. The highest BCUT2D eigenvalue weighted by atomic mass is 35.5. The van der Waals surface area contributed by atoms with Crippen molar-refractivity contribution in [2.24, 2.45) is 0 Å². The molecular formula is C31H38ClN3O4S. The van der Waals surface area contributed by atoms with Crippen molar-refractivity contribution in [1.29, 1.82) is 0 Å². The van der Waals surface area contributed by atoms with E-state index in [1.165, 1.54) is 29.2 Å². The van der Waals surface area contributed by atoms with Crippen LogP contribution in [0.1, 0.15) is 44.7 Å². The first-order chi connectivity index (χ1) is 19.1. The zero-order valence-corrected chi connectivity index (χ0v) is 25.1. The van der Waals surface area contributed by atoms with Crippen molar-refractivity contribution < 1.29 is 18.0 Å². The van der Waals surface area contributed by atoms with Gasteiger partial charge in [0.15, 0.2) is 0 Å². The van der Waals surface area contributed by atoms with E-state index in [4.69, 9.17) is 11.6 Å². The van der Waals surface area contributed by atoms with Crippen LogP contribution in [0.3, 0.4) is 0 Å². The van der Waals surface area contributed by atoms with Crippen LogP contribution in [0.25, 0.3) is 0 Å². The predicted octanol–water partition coefficient (Wildman–Crippen LogP) is 5.61. The number of anilines is 1. The van der Waals surface area contributed by atoms with Crippen LogP contribution in [0.4, 0.5) is 5.69 Å². The molecule has 0 bridgehead atoms. The van der Waals surface area contributed by atoms with Crippen molar-refractivity contribution in [2.75, 3.05) is 17.4 Å². The number of amides is 2. The normalized spacial score (nSPS) is 12.8. The van der Waals surface area contributed by atoms with Crippen LogP contribution in [0.2, 0.25) is 5.02 Å². The fraction of sp³-hybridized carbons (Fsp3) is 0.355. The van der Waals surface area contributed by atoms with E-state index in [1.54, 1.807) is 18.2 Å². The van der Waals surface area contributed by atoms with Gasteiger partial charge in [0.25, 0.3) is 10.0 Å². The van der Waals surface area contributed by atoms with E-state index in [-0.39, 0.29) is 23.4 Å². The summed E-state index contributed by atoms with van der Waals surface area (Å²) in [4.78, 5) is 28.9. The highest BCUT2D eigenvalue weighted by Gasteiger charge is 2.33. The molecule has 0 aromatic heterocycles. The van der Waals surface area contributed by atoms with Gasteiger partial charge < -0.3 is 10.2 Å². The summed E-state index contributed by atoms with van der Waals surface area (Å²) in [5, 5.41) is 3.40. The first-order valence-electron chi connectivity index (χ1n) is 13.6. The van der Waals surface area contributed by atoms with Gasteiger partial charge in [-0.1, -0.05) is 67.9 Å². The third-order valence-corrected chi connectivity index (χ3v) is 8.88. The number of aryl methyl sites for hydroxylation is 1.